The molecule has 1 N–H and O–H groups in total. The molecular weight excluding hydrogens is 230 g/mol. The summed E-state index contributed by atoms with van der Waals surface area (Å²) in [4.78, 5) is 10.7. The maximum Gasteiger partial charge on any atom is 0.338 e. The number of carboxylic acid groups (broad SMARTS) is 1. The Bertz CT molecular complexity index is 638. The lowest BCUT2D eigenvalue weighted by molar-refractivity contribution is 0.0697. The van der Waals surface area contributed by atoms with Crippen LogP contribution >= 0.6 is 0 Å². The van der Waals surface area contributed by atoms with Gasteiger partial charge in [0.2, 0.25) is 0 Å². The number of hydrogen-bond donors (Lipinski definition) is 1. The van der Waals surface area contributed by atoms with Crippen LogP contribution in [0.5, 0.6) is 0 Å². The molecule has 0 unspecified atom stereocenters. The number of carboxylic acids is 1. The zero-order valence-electron chi connectivity index (χ0n) is 9.79. The third-order valence-electron chi connectivity index (χ3n) is 2.68. The number of aromatic carboxylic acids is 1. The molecule has 0 amide bonds. The Morgan fingerprint density at radius 3 is 2.89 bits per heavy atom. The molecule has 0 saturated carbocycles. The molecule has 90 valence electrons. The van der Waals surface area contributed by atoms with Gasteiger partial charge in [-0.15, -0.1) is 0 Å². The molecule has 0 bridgehead atoms. The van der Waals surface area contributed by atoms with Gasteiger partial charge in [-0.25, -0.2) is 4.79 Å². The highest BCUT2D eigenvalue weighted by Gasteiger charge is 2.07. The molecule has 18 heavy (non-hydrogen) atoms. The van der Waals surface area contributed by atoms with Crippen LogP contribution in [0.3, 0.4) is 0 Å². The van der Waals surface area contributed by atoms with Crippen LogP contribution in [0, 0.1) is 18.3 Å². The van der Waals surface area contributed by atoms with E-state index in [0.717, 1.165) is 11.1 Å². The van der Waals surface area contributed by atoms with Crippen LogP contribution in [0.1, 0.15) is 27.0 Å². The van der Waals surface area contributed by atoms with Crippen molar-refractivity contribution >= 4 is 5.97 Å². The molecule has 0 radical (unpaired) electrons. The van der Waals surface area contributed by atoms with E-state index in [4.69, 9.17) is 10.4 Å². The number of carbonyl (C=O) groups is 1. The molecule has 1 heterocycles. The maximum absolute atomic E-state index is 10.7. The number of aryl methyl sites for hydroxylation is 1. The van der Waals surface area contributed by atoms with Crippen LogP contribution in [-0.4, -0.2) is 20.9 Å². The minimum Gasteiger partial charge on any atom is -0.478 e. The Labute approximate surface area is 104 Å². The first-order valence-corrected chi connectivity index (χ1v) is 5.35. The van der Waals surface area contributed by atoms with Crippen molar-refractivity contribution < 1.29 is 9.90 Å². The average molecular weight is 241 g/mol. The summed E-state index contributed by atoms with van der Waals surface area (Å²) in [5.41, 5.74) is 2.78. The van der Waals surface area contributed by atoms with E-state index in [0.29, 0.717) is 12.1 Å². The van der Waals surface area contributed by atoms with Crippen molar-refractivity contribution in [2.75, 3.05) is 0 Å². The monoisotopic (exact) mass is 241 g/mol. The van der Waals surface area contributed by atoms with Gasteiger partial charge in [0, 0.05) is 6.20 Å². The summed E-state index contributed by atoms with van der Waals surface area (Å²) in [5.74, 6) is -0.988. The fourth-order valence-corrected chi connectivity index (χ4v) is 1.68. The van der Waals surface area contributed by atoms with E-state index >= 15 is 0 Å². The predicted molar refractivity (Wildman–Crippen MR) is 64.2 cm³/mol. The first-order chi connectivity index (χ1) is 8.60. The highest BCUT2D eigenvalue weighted by molar-refractivity contribution is 5.86. The largest absolute Gasteiger partial charge is 0.478 e. The molecule has 0 spiro atoms. The van der Waals surface area contributed by atoms with Gasteiger partial charge in [-0.05, 0) is 30.2 Å². The van der Waals surface area contributed by atoms with E-state index in [1.807, 2.05) is 13.0 Å². The zero-order valence-corrected chi connectivity index (χ0v) is 9.79. The first kappa shape index (κ1) is 11.9. The molecule has 2 aromatic rings. The van der Waals surface area contributed by atoms with Gasteiger partial charge in [0.1, 0.15) is 0 Å². The number of nitrogens with zero attached hydrogens (tertiary/aromatic N) is 3. The maximum atomic E-state index is 10.7. The molecule has 0 aliphatic heterocycles. The van der Waals surface area contributed by atoms with E-state index in [1.54, 1.807) is 16.8 Å². The number of aromatic nitrogens is 2. The van der Waals surface area contributed by atoms with E-state index in [9.17, 15) is 4.79 Å². The second-order valence-electron chi connectivity index (χ2n) is 3.98. The Hall–Kier alpha value is -2.61. The number of nitriles is 1. The molecule has 2 rings (SSSR count). The molecule has 1 aromatic heterocycles. The second kappa shape index (κ2) is 4.72. The SMILES string of the molecule is Cc1cc(C#N)ccc1Cn1cc(C(=O)O)cn1. The van der Waals surface area contributed by atoms with E-state index in [1.165, 1.54) is 12.4 Å². The normalized spacial score (nSPS) is 10.0. The van der Waals surface area contributed by atoms with Crippen LogP contribution in [-0.2, 0) is 6.54 Å². The minimum atomic E-state index is -0.988. The Morgan fingerprint density at radius 2 is 2.33 bits per heavy atom. The van der Waals surface area contributed by atoms with Crippen molar-refractivity contribution in [1.29, 1.82) is 5.26 Å². The lowest BCUT2D eigenvalue weighted by atomic mass is 10.1. The van der Waals surface area contributed by atoms with E-state index in [2.05, 4.69) is 11.2 Å². The van der Waals surface area contributed by atoms with Gasteiger partial charge in [0.25, 0.3) is 0 Å². The van der Waals surface area contributed by atoms with Gasteiger partial charge >= 0.3 is 5.97 Å². The molecule has 5 nitrogen and oxygen atoms in total. The van der Waals surface area contributed by atoms with E-state index < -0.39 is 5.97 Å². The fourth-order valence-electron chi connectivity index (χ4n) is 1.68. The van der Waals surface area contributed by atoms with E-state index in [-0.39, 0.29) is 5.56 Å². The molecule has 0 saturated heterocycles. The smallest absolute Gasteiger partial charge is 0.338 e. The summed E-state index contributed by atoms with van der Waals surface area (Å²) in [6.45, 7) is 2.41. The van der Waals surface area contributed by atoms with Crippen molar-refractivity contribution in [2.45, 2.75) is 13.5 Å². The molecule has 0 aliphatic carbocycles. The molecule has 0 aliphatic rings. The highest BCUT2D eigenvalue weighted by Crippen LogP contribution is 2.12. The third-order valence-corrected chi connectivity index (χ3v) is 2.68. The standard InChI is InChI=1S/C13H11N3O2/c1-9-4-10(5-14)2-3-11(9)7-16-8-12(6-15-16)13(17)18/h2-4,6,8H,7H2,1H3,(H,17,18). The van der Waals surface area contributed by atoms with Crippen molar-refractivity contribution in [3.63, 3.8) is 0 Å². The van der Waals surface area contributed by atoms with Crippen LogP contribution < -0.4 is 0 Å². The Kier molecular flexibility index (Phi) is 3.11. The minimum absolute atomic E-state index is 0.168. The summed E-state index contributed by atoms with van der Waals surface area (Å²) >= 11 is 0. The van der Waals surface area contributed by atoms with Crippen molar-refractivity contribution in [3.8, 4) is 6.07 Å². The number of benzene rings is 1. The van der Waals surface area contributed by atoms with Gasteiger partial charge in [-0.3, -0.25) is 4.68 Å². The summed E-state index contributed by atoms with van der Waals surface area (Å²) in [6, 6.07) is 7.48. The summed E-state index contributed by atoms with van der Waals surface area (Å²) < 4.78 is 1.57. The third kappa shape index (κ3) is 2.38. The van der Waals surface area contributed by atoms with Gasteiger partial charge < -0.3 is 5.11 Å². The lowest BCUT2D eigenvalue weighted by Gasteiger charge is -2.06. The molecule has 0 fully saturated rings. The quantitative estimate of drug-likeness (QED) is 0.888. The zero-order chi connectivity index (χ0) is 13.1. The van der Waals surface area contributed by atoms with Crippen LogP contribution in [0.15, 0.2) is 30.6 Å². The first-order valence-electron chi connectivity index (χ1n) is 5.35. The van der Waals surface area contributed by atoms with Crippen molar-refractivity contribution in [3.05, 3.63) is 52.8 Å². The molecule has 1 aromatic carbocycles. The Morgan fingerprint density at radius 1 is 1.56 bits per heavy atom. The Balaban J connectivity index is 2.23. The van der Waals surface area contributed by atoms with Crippen LogP contribution in [0.2, 0.25) is 0 Å². The summed E-state index contributed by atoms with van der Waals surface area (Å²) in [7, 11) is 0. The molecule has 0 atom stereocenters. The van der Waals surface area contributed by atoms with Gasteiger partial charge in [-0.1, -0.05) is 6.07 Å². The molecular formula is C13H11N3O2. The van der Waals surface area contributed by atoms with Crippen LogP contribution in [0.25, 0.3) is 0 Å². The molecule has 5 heteroatoms. The van der Waals surface area contributed by atoms with Gasteiger partial charge in [0.05, 0.1) is 29.9 Å². The van der Waals surface area contributed by atoms with Crippen molar-refractivity contribution in [1.82, 2.24) is 9.78 Å². The second-order valence-corrected chi connectivity index (χ2v) is 3.98. The lowest BCUT2D eigenvalue weighted by Crippen LogP contribution is -2.02. The van der Waals surface area contributed by atoms with Crippen molar-refractivity contribution in [2.24, 2.45) is 0 Å². The highest BCUT2D eigenvalue weighted by atomic mass is 16.4. The van der Waals surface area contributed by atoms with Gasteiger partial charge in [-0.2, -0.15) is 10.4 Å². The fraction of sp³-hybridized carbons (Fsp3) is 0.154. The summed E-state index contributed by atoms with van der Waals surface area (Å²) in [5, 5.41) is 21.6. The number of hydrogen-bond acceptors (Lipinski definition) is 3. The predicted octanol–water partition coefficient (Wildman–Crippen LogP) is 1.81. The van der Waals surface area contributed by atoms with Gasteiger partial charge in [0.15, 0.2) is 0 Å². The van der Waals surface area contributed by atoms with Crippen LogP contribution in [0.4, 0.5) is 0 Å². The average Bonchev–Trinajstić information content (AvgIpc) is 2.80. The topological polar surface area (TPSA) is 78.9 Å². The number of rotatable bonds is 3. The summed E-state index contributed by atoms with van der Waals surface area (Å²) in [6.07, 6.45) is 2.81.